The van der Waals surface area contributed by atoms with Crippen molar-refractivity contribution in [2.45, 2.75) is 32.9 Å². The third kappa shape index (κ3) is 3.73. The summed E-state index contributed by atoms with van der Waals surface area (Å²) in [6, 6.07) is 2.76. The van der Waals surface area contributed by atoms with Gasteiger partial charge in [-0.2, -0.15) is 0 Å². The molecule has 0 bridgehead atoms. The predicted octanol–water partition coefficient (Wildman–Crippen LogP) is 2.96. The molecule has 1 fully saturated rings. The Balaban J connectivity index is 1.84. The minimum absolute atomic E-state index is 0.514. The van der Waals surface area contributed by atoms with Crippen molar-refractivity contribution in [1.29, 1.82) is 0 Å². The molecule has 5 heteroatoms. The number of methoxy groups -OCH3 is 1. The van der Waals surface area contributed by atoms with E-state index in [4.69, 9.17) is 4.74 Å². The molecular weight excluding hydrogens is 264 g/mol. The maximum Gasteiger partial charge on any atom is 0.157 e. The number of aliphatic imine (C=N–C) groups is 1. The van der Waals surface area contributed by atoms with Crippen LogP contribution in [0.2, 0.25) is 0 Å². The van der Waals surface area contributed by atoms with Gasteiger partial charge in [0.2, 0.25) is 0 Å². The minimum Gasteiger partial charge on any atom is -0.385 e. The summed E-state index contributed by atoms with van der Waals surface area (Å²) in [4.78, 5) is 7.39. The van der Waals surface area contributed by atoms with E-state index in [0.29, 0.717) is 6.04 Å². The van der Waals surface area contributed by atoms with Crippen molar-refractivity contribution in [1.82, 2.24) is 5.32 Å². The number of nitrogens with zero attached hydrogens (tertiary/aromatic N) is 1. The summed E-state index contributed by atoms with van der Waals surface area (Å²) in [6.45, 7) is 5.94. The summed E-state index contributed by atoms with van der Waals surface area (Å²) in [5.41, 5.74) is 1.38. The van der Waals surface area contributed by atoms with E-state index in [0.717, 1.165) is 30.5 Å². The first kappa shape index (κ1) is 13.9. The van der Waals surface area contributed by atoms with E-state index < -0.39 is 0 Å². The fourth-order valence-electron chi connectivity index (χ4n) is 1.82. The van der Waals surface area contributed by atoms with Gasteiger partial charge in [0.1, 0.15) is 0 Å². The van der Waals surface area contributed by atoms with Crippen LogP contribution in [0, 0.1) is 13.8 Å². The molecule has 0 spiro atoms. The lowest BCUT2D eigenvalue weighted by atomic mass is 10.2. The van der Waals surface area contributed by atoms with Crippen molar-refractivity contribution in [3.05, 3.63) is 21.4 Å². The molecule has 1 unspecified atom stereocenters. The van der Waals surface area contributed by atoms with Gasteiger partial charge < -0.3 is 10.1 Å². The number of ether oxygens (including phenoxy) is 1. The quantitative estimate of drug-likeness (QED) is 0.902. The number of hydrogen-bond donors (Lipinski definition) is 1. The van der Waals surface area contributed by atoms with E-state index in [1.807, 2.05) is 23.1 Å². The molecule has 2 rings (SSSR count). The van der Waals surface area contributed by atoms with Crippen LogP contribution in [0.1, 0.15) is 21.7 Å². The topological polar surface area (TPSA) is 33.6 Å². The Morgan fingerprint density at radius 1 is 1.50 bits per heavy atom. The van der Waals surface area contributed by atoms with Crippen LogP contribution in [0.3, 0.4) is 0 Å². The first-order chi connectivity index (χ1) is 8.69. The Morgan fingerprint density at radius 2 is 2.33 bits per heavy atom. The van der Waals surface area contributed by atoms with Crippen LogP contribution >= 0.6 is 23.1 Å². The molecule has 1 aliphatic heterocycles. The predicted molar refractivity (Wildman–Crippen MR) is 80.8 cm³/mol. The van der Waals surface area contributed by atoms with Crippen LogP contribution in [0.5, 0.6) is 0 Å². The highest BCUT2D eigenvalue weighted by atomic mass is 32.2. The summed E-state index contributed by atoms with van der Waals surface area (Å²) in [7, 11) is 1.75. The van der Waals surface area contributed by atoms with Crippen molar-refractivity contribution in [3.63, 3.8) is 0 Å². The average Bonchev–Trinajstić information content (AvgIpc) is 2.92. The maximum absolute atomic E-state index is 5.10. The van der Waals surface area contributed by atoms with Crippen LogP contribution < -0.4 is 5.32 Å². The van der Waals surface area contributed by atoms with Gasteiger partial charge in [-0.1, -0.05) is 11.8 Å². The van der Waals surface area contributed by atoms with Gasteiger partial charge in [-0.05, 0) is 31.9 Å². The second-order valence-corrected chi connectivity index (χ2v) is 6.86. The largest absolute Gasteiger partial charge is 0.385 e. The van der Waals surface area contributed by atoms with E-state index >= 15 is 0 Å². The zero-order chi connectivity index (χ0) is 13.0. The van der Waals surface area contributed by atoms with Gasteiger partial charge in [0.15, 0.2) is 5.17 Å². The van der Waals surface area contributed by atoms with Gasteiger partial charge in [-0.15, -0.1) is 11.3 Å². The van der Waals surface area contributed by atoms with Crippen molar-refractivity contribution < 1.29 is 4.74 Å². The first-order valence-corrected chi connectivity index (χ1v) is 7.98. The smallest absolute Gasteiger partial charge is 0.157 e. The zero-order valence-electron chi connectivity index (χ0n) is 11.2. The van der Waals surface area contributed by atoms with E-state index in [-0.39, 0.29) is 0 Å². The molecule has 0 radical (unpaired) electrons. The van der Waals surface area contributed by atoms with Gasteiger partial charge in [-0.3, -0.25) is 4.99 Å². The van der Waals surface area contributed by atoms with Gasteiger partial charge in [0.05, 0.1) is 6.54 Å². The molecule has 0 saturated carbocycles. The van der Waals surface area contributed by atoms with Gasteiger partial charge in [0, 0.05) is 35.3 Å². The molecule has 1 atom stereocenters. The molecule has 100 valence electrons. The Morgan fingerprint density at radius 3 is 3.00 bits per heavy atom. The highest BCUT2D eigenvalue weighted by Gasteiger charge is 2.19. The van der Waals surface area contributed by atoms with Gasteiger partial charge >= 0.3 is 0 Å². The Hall–Kier alpha value is -0.520. The van der Waals surface area contributed by atoms with Crippen molar-refractivity contribution in [3.8, 4) is 0 Å². The first-order valence-electron chi connectivity index (χ1n) is 6.17. The normalized spacial score (nSPS) is 21.5. The lowest BCUT2D eigenvalue weighted by Gasteiger charge is -2.07. The molecule has 1 aromatic rings. The number of thiophene rings is 1. The Bertz CT molecular complexity index is 409. The van der Waals surface area contributed by atoms with Gasteiger partial charge in [0.25, 0.3) is 0 Å². The highest BCUT2D eigenvalue weighted by Crippen LogP contribution is 2.22. The standard InChI is InChI=1S/C13H20N2OS2/c1-9-6-12(18-10(9)2)7-14-13-15-11(8-17-13)4-5-16-3/h6,11H,4-5,7-8H2,1-3H3,(H,14,15). The molecule has 1 aliphatic rings. The Labute approximate surface area is 117 Å². The number of amidine groups is 1. The van der Waals surface area contributed by atoms with Crippen LogP contribution in [0.15, 0.2) is 11.1 Å². The van der Waals surface area contributed by atoms with E-state index in [2.05, 4.69) is 30.2 Å². The van der Waals surface area contributed by atoms with Crippen LogP contribution in [0.4, 0.5) is 0 Å². The lowest BCUT2D eigenvalue weighted by molar-refractivity contribution is 0.188. The fourth-order valence-corrected chi connectivity index (χ4v) is 3.81. The highest BCUT2D eigenvalue weighted by molar-refractivity contribution is 8.14. The molecule has 0 aromatic carbocycles. The average molecular weight is 284 g/mol. The summed E-state index contributed by atoms with van der Waals surface area (Å²) in [6.07, 6.45) is 1.06. The van der Waals surface area contributed by atoms with E-state index in [1.54, 1.807) is 7.11 Å². The molecule has 0 aliphatic carbocycles. The lowest BCUT2D eigenvalue weighted by Crippen LogP contribution is -2.28. The third-order valence-corrected chi connectivity index (χ3v) is 5.24. The van der Waals surface area contributed by atoms with Crippen molar-refractivity contribution >= 4 is 28.3 Å². The molecule has 18 heavy (non-hydrogen) atoms. The summed E-state index contributed by atoms with van der Waals surface area (Å²) in [5.74, 6) is 1.10. The molecule has 1 saturated heterocycles. The minimum atomic E-state index is 0.514. The van der Waals surface area contributed by atoms with E-state index in [1.165, 1.54) is 15.3 Å². The summed E-state index contributed by atoms with van der Waals surface area (Å²) < 4.78 is 5.10. The third-order valence-electron chi connectivity index (χ3n) is 3.01. The fraction of sp³-hybridized carbons (Fsp3) is 0.615. The number of thioether (sulfide) groups is 1. The molecule has 2 heterocycles. The number of aryl methyl sites for hydroxylation is 2. The van der Waals surface area contributed by atoms with Crippen LogP contribution in [-0.4, -0.2) is 30.7 Å². The maximum atomic E-state index is 5.10. The van der Waals surface area contributed by atoms with Crippen molar-refractivity contribution in [2.24, 2.45) is 4.99 Å². The molecular formula is C13H20N2OS2. The number of nitrogens with one attached hydrogen (secondary N) is 1. The number of rotatable bonds is 5. The molecule has 3 nitrogen and oxygen atoms in total. The van der Waals surface area contributed by atoms with E-state index in [9.17, 15) is 0 Å². The molecule has 1 N–H and O–H groups in total. The van der Waals surface area contributed by atoms with Crippen LogP contribution in [0.25, 0.3) is 0 Å². The molecule has 1 aromatic heterocycles. The molecule has 0 amide bonds. The Kier molecular flexibility index (Phi) is 5.09. The summed E-state index contributed by atoms with van der Waals surface area (Å²) >= 11 is 3.67. The monoisotopic (exact) mass is 284 g/mol. The van der Waals surface area contributed by atoms with Gasteiger partial charge in [-0.25, -0.2) is 0 Å². The zero-order valence-corrected chi connectivity index (χ0v) is 12.8. The second-order valence-electron chi connectivity index (χ2n) is 4.51. The number of hydrogen-bond acceptors (Lipinski definition) is 4. The summed E-state index contributed by atoms with van der Waals surface area (Å²) in [5, 5.41) is 4.54. The van der Waals surface area contributed by atoms with Crippen molar-refractivity contribution in [2.75, 3.05) is 19.5 Å². The SMILES string of the molecule is COCCC1CSC(=NCc2cc(C)c(C)s2)N1. The van der Waals surface area contributed by atoms with Crippen LogP contribution in [-0.2, 0) is 11.3 Å². The second kappa shape index (κ2) is 6.59.